The molecule has 2 heteroatoms. The fraction of sp³-hybridized carbons (Fsp3) is 0.115. The predicted octanol–water partition coefficient (Wildman–Crippen LogP) is 6.11. The quantitative estimate of drug-likeness (QED) is 0.410. The normalized spacial score (nSPS) is 19.5. The van der Waals surface area contributed by atoms with E-state index < -0.39 is 0 Å². The lowest BCUT2D eigenvalue weighted by molar-refractivity contribution is -0.139. The molecule has 136 valence electrons. The van der Waals surface area contributed by atoms with Crippen molar-refractivity contribution in [2.45, 2.75) is 18.4 Å². The van der Waals surface area contributed by atoms with E-state index in [1.165, 1.54) is 27.1 Å². The SMILES string of the molecule is O=C1C[C@H](c2cccc3ccccc23)[C@H](/C=C/c2cccc3ccccc23)O1. The van der Waals surface area contributed by atoms with Gasteiger partial charge in [0, 0.05) is 5.92 Å². The van der Waals surface area contributed by atoms with Gasteiger partial charge in [-0.3, -0.25) is 4.79 Å². The van der Waals surface area contributed by atoms with Crippen molar-refractivity contribution in [3.05, 3.63) is 102 Å². The third kappa shape index (κ3) is 2.97. The summed E-state index contributed by atoms with van der Waals surface area (Å²) in [5.74, 6) is -0.102. The second-order valence-electron chi connectivity index (χ2n) is 7.26. The van der Waals surface area contributed by atoms with E-state index in [0.29, 0.717) is 6.42 Å². The van der Waals surface area contributed by atoms with Crippen LogP contribution in [0.2, 0.25) is 0 Å². The molecule has 1 aliphatic rings. The lowest BCUT2D eigenvalue weighted by atomic mass is 9.88. The molecule has 0 aliphatic carbocycles. The zero-order chi connectivity index (χ0) is 18.9. The average molecular weight is 364 g/mol. The lowest BCUT2D eigenvalue weighted by Gasteiger charge is -2.17. The summed E-state index contributed by atoms with van der Waals surface area (Å²) in [5, 5.41) is 4.79. The maximum absolute atomic E-state index is 12.1. The van der Waals surface area contributed by atoms with Crippen molar-refractivity contribution in [1.29, 1.82) is 0 Å². The number of benzene rings is 4. The third-order valence-corrected chi connectivity index (χ3v) is 5.56. The Morgan fingerprint density at radius 1 is 0.750 bits per heavy atom. The average Bonchev–Trinajstić information content (AvgIpc) is 3.12. The van der Waals surface area contributed by atoms with Crippen molar-refractivity contribution in [2.75, 3.05) is 0 Å². The lowest BCUT2D eigenvalue weighted by Crippen LogP contribution is -2.11. The van der Waals surface area contributed by atoms with Gasteiger partial charge in [-0.25, -0.2) is 0 Å². The number of carbonyl (C=O) groups excluding carboxylic acids is 1. The Morgan fingerprint density at radius 3 is 2.21 bits per heavy atom. The minimum absolute atomic E-state index is 0.0322. The molecule has 0 N–H and O–H groups in total. The summed E-state index contributed by atoms with van der Waals surface area (Å²) >= 11 is 0. The first kappa shape index (κ1) is 16.8. The third-order valence-electron chi connectivity index (χ3n) is 5.56. The first-order valence-corrected chi connectivity index (χ1v) is 9.63. The van der Waals surface area contributed by atoms with Gasteiger partial charge in [0.05, 0.1) is 6.42 Å². The molecule has 1 fully saturated rings. The van der Waals surface area contributed by atoms with Crippen molar-refractivity contribution in [3.8, 4) is 0 Å². The Morgan fingerprint density at radius 2 is 1.39 bits per heavy atom. The van der Waals surface area contributed by atoms with Gasteiger partial charge in [-0.15, -0.1) is 0 Å². The van der Waals surface area contributed by atoms with Crippen LogP contribution in [0.5, 0.6) is 0 Å². The molecule has 1 heterocycles. The van der Waals surface area contributed by atoms with Crippen molar-refractivity contribution in [3.63, 3.8) is 0 Å². The Kier molecular flexibility index (Phi) is 4.17. The molecule has 4 aromatic carbocycles. The molecule has 2 nitrogen and oxygen atoms in total. The summed E-state index contributed by atoms with van der Waals surface area (Å²) < 4.78 is 5.69. The fourth-order valence-corrected chi connectivity index (χ4v) is 4.21. The van der Waals surface area contributed by atoms with Crippen molar-refractivity contribution >= 4 is 33.6 Å². The minimum Gasteiger partial charge on any atom is -0.457 e. The largest absolute Gasteiger partial charge is 0.457 e. The number of ether oxygens (including phenoxy) is 1. The minimum atomic E-state index is -0.253. The van der Waals surface area contributed by atoms with Crippen molar-refractivity contribution in [1.82, 2.24) is 0 Å². The van der Waals surface area contributed by atoms with Crippen molar-refractivity contribution in [2.24, 2.45) is 0 Å². The first-order valence-electron chi connectivity index (χ1n) is 9.63. The molecule has 1 saturated heterocycles. The van der Waals surface area contributed by atoms with E-state index in [-0.39, 0.29) is 18.0 Å². The summed E-state index contributed by atoms with van der Waals surface area (Å²) in [4.78, 5) is 12.1. The van der Waals surface area contributed by atoms with E-state index in [1.54, 1.807) is 0 Å². The number of fused-ring (bicyclic) bond motifs is 2. The first-order chi connectivity index (χ1) is 13.8. The second-order valence-corrected chi connectivity index (χ2v) is 7.26. The molecule has 2 atom stereocenters. The molecule has 0 spiro atoms. The number of rotatable bonds is 3. The number of esters is 1. The zero-order valence-corrected chi connectivity index (χ0v) is 15.4. The maximum atomic E-state index is 12.1. The van der Waals surface area contributed by atoms with Gasteiger partial charge in [-0.1, -0.05) is 91.0 Å². The van der Waals surface area contributed by atoms with E-state index in [9.17, 15) is 4.79 Å². The van der Waals surface area contributed by atoms with Gasteiger partial charge in [0.2, 0.25) is 0 Å². The maximum Gasteiger partial charge on any atom is 0.307 e. The summed E-state index contributed by atoms with van der Waals surface area (Å²) in [6.07, 6.45) is 4.29. The summed E-state index contributed by atoms with van der Waals surface area (Å²) in [5.41, 5.74) is 2.31. The Bertz CT molecular complexity index is 1190. The van der Waals surface area contributed by atoms with Gasteiger partial charge < -0.3 is 4.74 Å². The van der Waals surface area contributed by atoms with E-state index in [1.807, 2.05) is 30.3 Å². The molecule has 0 aromatic heterocycles. The van der Waals surface area contributed by atoms with Crippen LogP contribution in [0, 0.1) is 0 Å². The van der Waals surface area contributed by atoms with Crippen molar-refractivity contribution < 1.29 is 9.53 Å². The van der Waals surface area contributed by atoms with Crippen LogP contribution in [0.15, 0.2) is 91.0 Å². The predicted molar refractivity (Wildman–Crippen MR) is 114 cm³/mol. The standard InChI is InChI=1S/C26H20O2/c27-26-17-24(23-14-6-11-19-8-2-4-13-22(19)23)25(28-26)16-15-20-10-5-9-18-7-1-3-12-21(18)20/h1-16,24-25H,17H2/b16-15+/t24-,25+/m1/s1. The van der Waals surface area contributed by atoms with Crippen LogP contribution >= 0.6 is 0 Å². The molecule has 0 bridgehead atoms. The van der Waals surface area contributed by atoms with Gasteiger partial charge in [0.15, 0.2) is 0 Å². The molecule has 0 radical (unpaired) electrons. The van der Waals surface area contributed by atoms with Gasteiger partial charge in [-0.05, 0) is 38.7 Å². The fourth-order valence-electron chi connectivity index (χ4n) is 4.21. The van der Waals surface area contributed by atoms with E-state index in [0.717, 1.165) is 5.56 Å². The highest BCUT2D eigenvalue weighted by Gasteiger charge is 2.35. The van der Waals surface area contributed by atoms with E-state index in [2.05, 4.69) is 66.7 Å². The highest BCUT2D eigenvalue weighted by Crippen LogP contribution is 2.37. The molecule has 0 saturated carbocycles. The Hall–Kier alpha value is -3.39. The number of hydrogen-bond donors (Lipinski definition) is 0. The van der Waals surface area contributed by atoms with Gasteiger partial charge >= 0.3 is 5.97 Å². The van der Waals surface area contributed by atoms with Gasteiger partial charge in [0.1, 0.15) is 6.10 Å². The molecule has 4 aromatic rings. The van der Waals surface area contributed by atoms with E-state index >= 15 is 0 Å². The molecule has 0 amide bonds. The molecule has 28 heavy (non-hydrogen) atoms. The Balaban J connectivity index is 1.53. The molecular weight excluding hydrogens is 344 g/mol. The van der Waals surface area contributed by atoms with Crippen LogP contribution in [0.25, 0.3) is 27.6 Å². The van der Waals surface area contributed by atoms with Gasteiger partial charge in [-0.2, -0.15) is 0 Å². The van der Waals surface area contributed by atoms with Crippen LogP contribution in [0.3, 0.4) is 0 Å². The summed E-state index contributed by atoms with van der Waals surface area (Å²) in [6.45, 7) is 0. The molecular formula is C26H20O2. The number of carbonyl (C=O) groups is 1. The van der Waals surface area contributed by atoms with E-state index in [4.69, 9.17) is 4.74 Å². The highest BCUT2D eigenvalue weighted by molar-refractivity contribution is 5.91. The highest BCUT2D eigenvalue weighted by atomic mass is 16.5. The monoisotopic (exact) mass is 364 g/mol. The van der Waals surface area contributed by atoms with Crippen LogP contribution in [-0.2, 0) is 9.53 Å². The topological polar surface area (TPSA) is 26.3 Å². The zero-order valence-electron chi connectivity index (χ0n) is 15.4. The second kappa shape index (κ2) is 6.97. The van der Waals surface area contributed by atoms with Crippen LogP contribution in [-0.4, -0.2) is 12.1 Å². The number of hydrogen-bond acceptors (Lipinski definition) is 2. The molecule has 1 aliphatic heterocycles. The summed E-state index contributed by atoms with van der Waals surface area (Å²) in [7, 11) is 0. The molecule has 5 rings (SSSR count). The van der Waals surface area contributed by atoms with Crippen LogP contribution < -0.4 is 0 Å². The summed E-state index contributed by atoms with van der Waals surface area (Å²) in [6, 6.07) is 29.2. The number of cyclic esters (lactones) is 1. The Labute approximate surface area is 164 Å². The van der Waals surface area contributed by atoms with Crippen LogP contribution in [0.4, 0.5) is 0 Å². The smallest absolute Gasteiger partial charge is 0.307 e. The van der Waals surface area contributed by atoms with Gasteiger partial charge in [0.25, 0.3) is 0 Å². The van der Waals surface area contributed by atoms with Crippen LogP contribution in [0.1, 0.15) is 23.5 Å². The molecule has 0 unspecified atom stereocenters.